The highest BCUT2D eigenvalue weighted by atomic mass is 19.1. The van der Waals surface area contributed by atoms with Gasteiger partial charge in [-0.2, -0.15) is 0 Å². The van der Waals surface area contributed by atoms with Crippen molar-refractivity contribution < 1.29 is 18.3 Å². The largest absolute Gasteiger partial charge is 0.381 e. The Bertz CT molecular complexity index is 563. The fourth-order valence-electron chi connectivity index (χ4n) is 3.74. The molecule has 1 aliphatic carbocycles. The number of urea groups is 1. The topological polar surface area (TPSA) is 41.6 Å². The number of carbonyl (C=O) groups is 1. The Morgan fingerprint density at radius 3 is 2.52 bits per heavy atom. The highest BCUT2D eigenvalue weighted by Crippen LogP contribution is 2.26. The Balaban J connectivity index is 1.73. The second-order valence-electron chi connectivity index (χ2n) is 6.96. The van der Waals surface area contributed by atoms with Crippen molar-refractivity contribution in [1.29, 1.82) is 0 Å². The molecule has 1 aliphatic heterocycles. The summed E-state index contributed by atoms with van der Waals surface area (Å²) < 4.78 is 33.5. The SMILES string of the molecule is O=C(NC1CCCOCC1)N(Cc1c(F)cccc1F)C1CCCC1. The molecule has 1 heterocycles. The molecule has 1 saturated heterocycles. The zero-order valence-corrected chi connectivity index (χ0v) is 14.5. The molecule has 1 atom stereocenters. The van der Waals surface area contributed by atoms with Crippen LogP contribution in [-0.2, 0) is 11.3 Å². The van der Waals surface area contributed by atoms with E-state index in [1.165, 1.54) is 18.2 Å². The Hall–Kier alpha value is -1.69. The maximum absolute atomic E-state index is 14.1. The van der Waals surface area contributed by atoms with Crippen LogP contribution in [0.2, 0.25) is 0 Å². The van der Waals surface area contributed by atoms with E-state index in [1.54, 1.807) is 4.90 Å². The van der Waals surface area contributed by atoms with Gasteiger partial charge in [-0.1, -0.05) is 18.9 Å². The molecule has 2 amide bonds. The predicted molar refractivity (Wildman–Crippen MR) is 91.1 cm³/mol. The van der Waals surface area contributed by atoms with Gasteiger partial charge in [-0.15, -0.1) is 0 Å². The number of nitrogens with one attached hydrogen (secondary N) is 1. The monoisotopic (exact) mass is 352 g/mol. The van der Waals surface area contributed by atoms with Crippen LogP contribution in [0.1, 0.15) is 50.5 Å². The van der Waals surface area contributed by atoms with E-state index in [-0.39, 0.29) is 30.2 Å². The third-order valence-electron chi connectivity index (χ3n) is 5.20. The number of halogens is 2. The molecular weight excluding hydrogens is 326 g/mol. The minimum absolute atomic E-state index is 0.0295. The van der Waals surface area contributed by atoms with E-state index >= 15 is 0 Å². The van der Waals surface area contributed by atoms with Crippen molar-refractivity contribution in [3.05, 3.63) is 35.4 Å². The number of benzene rings is 1. The van der Waals surface area contributed by atoms with Gasteiger partial charge in [-0.3, -0.25) is 0 Å². The summed E-state index contributed by atoms with van der Waals surface area (Å²) in [7, 11) is 0. The summed E-state index contributed by atoms with van der Waals surface area (Å²) in [5, 5.41) is 3.06. The Labute approximate surface area is 147 Å². The van der Waals surface area contributed by atoms with Gasteiger partial charge in [0.1, 0.15) is 11.6 Å². The van der Waals surface area contributed by atoms with Crippen LogP contribution in [0.25, 0.3) is 0 Å². The standard InChI is InChI=1S/C19H26F2N2O2/c20-17-8-3-9-18(21)16(17)13-23(15-6-1-2-7-15)19(24)22-14-5-4-11-25-12-10-14/h3,8-9,14-15H,1-2,4-7,10-13H2,(H,22,24). The summed E-state index contributed by atoms with van der Waals surface area (Å²) in [6, 6.07) is 3.71. The third-order valence-corrected chi connectivity index (χ3v) is 5.20. The summed E-state index contributed by atoms with van der Waals surface area (Å²) in [6.45, 7) is 1.33. The van der Waals surface area contributed by atoms with E-state index in [2.05, 4.69) is 5.32 Å². The van der Waals surface area contributed by atoms with Crippen LogP contribution < -0.4 is 5.32 Å². The number of ether oxygens (including phenoxy) is 1. The van der Waals surface area contributed by atoms with Crippen molar-refractivity contribution in [2.45, 2.75) is 63.6 Å². The van der Waals surface area contributed by atoms with E-state index in [9.17, 15) is 13.6 Å². The molecule has 2 aliphatic rings. The molecule has 1 N–H and O–H groups in total. The van der Waals surface area contributed by atoms with Gasteiger partial charge in [0.05, 0.1) is 6.54 Å². The normalized spacial score (nSPS) is 21.8. The smallest absolute Gasteiger partial charge is 0.318 e. The summed E-state index contributed by atoms with van der Waals surface area (Å²) in [4.78, 5) is 14.5. The molecule has 0 bridgehead atoms. The lowest BCUT2D eigenvalue weighted by Gasteiger charge is -2.31. The molecule has 0 spiro atoms. The molecular formula is C19H26F2N2O2. The van der Waals surface area contributed by atoms with Gasteiger partial charge in [-0.05, 0) is 44.2 Å². The van der Waals surface area contributed by atoms with Crippen LogP contribution in [0.15, 0.2) is 18.2 Å². The Morgan fingerprint density at radius 2 is 1.80 bits per heavy atom. The van der Waals surface area contributed by atoms with Crippen LogP contribution in [-0.4, -0.2) is 36.2 Å². The van der Waals surface area contributed by atoms with E-state index in [1.807, 2.05) is 0 Å². The number of nitrogens with zero attached hydrogens (tertiary/aromatic N) is 1. The molecule has 1 aromatic carbocycles. The first-order chi connectivity index (χ1) is 12.1. The molecule has 0 aromatic heterocycles. The molecule has 25 heavy (non-hydrogen) atoms. The molecule has 1 saturated carbocycles. The van der Waals surface area contributed by atoms with Gasteiger partial charge in [-0.25, -0.2) is 13.6 Å². The van der Waals surface area contributed by atoms with Gasteiger partial charge >= 0.3 is 6.03 Å². The zero-order chi connectivity index (χ0) is 17.6. The number of carbonyl (C=O) groups excluding carboxylic acids is 1. The maximum atomic E-state index is 14.1. The molecule has 6 heteroatoms. The van der Waals surface area contributed by atoms with E-state index < -0.39 is 11.6 Å². The quantitative estimate of drug-likeness (QED) is 0.890. The molecule has 138 valence electrons. The molecule has 2 fully saturated rings. The summed E-state index contributed by atoms with van der Waals surface area (Å²) in [5.41, 5.74) is -0.0336. The fraction of sp³-hybridized carbons (Fsp3) is 0.632. The third kappa shape index (κ3) is 4.69. The van der Waals surface area contributed by atoms with Gasteiger partial charge in [0.25, 0.3) is 0 Å². The highest BCUT2D eigenvalue weighted by Gasteiger charge is 2.29. The van der Waals surface area contributed by atoms with E-state index in [4.69, 9.17) is 4.74 Å². The van der Waals surface area contributed by atoms with Crippen LogP contribution in [0, 0.1) is 11.6 Å². The average molecular weight is 352 g/mol. The Morgan fingerprint density at radius 1 is 1.08 bits per heavy atom. The van der Waals surface area contributed by atoms with Crippen molar-refractivity contribution in [2.75, 3.05) is 13.2 Å². The summed E-state index contributed by atoms with van der Waals surface area (Å²) in [6.07, 6.45) is 6.43. The lowest BCUT2D eigenvalue weighted by atomic mass is 10.1. The van der Waals surface area contributed by atoms with Crippen molar-refractivity contribution >= 4 is 6.03 Å². The second-order valence-corrected chi connectivity index (χ2v) is 6.96. The summed E-state index contributed by atoms with van der Waals surface area (Å²) in [5.74, 6) is -1.20. The lowest BCUT2D eigenvalue weighted by Crippen LogP contribution is -2.48. The number of rotatable bonds is 4. The second kappa shape index (κ2) is 8.61. The molecule has 1 unspecified atom stereocenters. The highest BCUT2D eigenvalue weighted by molar-refractivity contribution is 5.75. The van der Waals surface area contributed by atoms with Crippen LogP contribution >= 0.6 is 0 Å². The zero-order valence-electron chi connectivity index (χ0n) is 14.5. The van der Waals surface area contributed by atoms with E-state index in [0.717, 1.165) is 51.6 Å². The predicted octanol–water partition coefficient (Wildman–Crippen LogP) is 3.99. The first kappa shape index (κ1) is 18.1. The number of hydrogen-bond acceptors (Lipinski definition) is 2. The van der Waals surface area contributed by atoms with Crippen molar-refractivity contribution in [3.63, 3.8) is 0 Å². The van der Waals surface area contributed by atoms with Crippen LogP contribution in [0.4, 0.5) is 13.6 Å². The fourth-order valence-corrected chi connectivity index (χ4v) is 3.74. The lowest BCUT2D eigenvalue weighted by molar-refractivity contribution is 0.141. The van der Waals surface area contributed by atoms with Gasteiger partial charge in [0, 0.05) is 30.9 Å². The minimum Gasteiger partial charge on any atom is -0.381 e. The van der Waals surface area contributed by atoms with Crippen molar-refractivity contribution in [3.8, 4) is 0 Å². The van der Waals surface area contributed by atoms with E-state index in [0.29, 0.717) is 6.61 Å². The first-order valence-corrected chi connectivity index (χ1v) is 9.23. The molecule has 1 aromatic rings. The number of hydrogen-bond donors (Lipinski definition) is 1. The molecule has 4 nitrogen and oxygen atoms in total. The minimum atomic E-state index is -0.598. The maximum Gasteiger partial charge on any atom is 0.318 e. The number of amides is 2. The van der Waals surface area contributed by atoms with Crippen molar-refractivity contribution in [1.82, 2.24) is 10.2 Å². The van der Waals surface area contributed by atoms with Gasteiger partial charge in [0.15, 0.2) is 0 Å². The summed E-state index contributed by atoms with van der Waals surface area (Å²) >= 11 is 0. The van der Waals surface area contributed by atoms with Gasteiger partial charge < -0.3 is 15.0 Å². The first-order valence-electron chi connectivity index (χ1n) is 9.23. The molecule has 3 rings (SSSR count). The van der Waals surface area contributed by atoms with Crippen LogP contribution in [0.3, 0.4) is 0 Å². The molecule has 0 radical (unpaired) electrons. The average Bonchev–Trinajstić information content (AvgIpc) is 2.99. The van der Waals surface area contributed by atoms with Crippen molar-refractivity contribution in [2.24, 2.45) is 0 Å². The van der Waals surface area contributed by atoms with Gasteiger partial charge in [0.2, 0.25) is 0 Å². The Kier molecular flexibility index (Phi) is 6.24. The van der Waals surface area contributed by atoms with Crippen LogP contribution in [0.5, 0.6) is 0 Å².